The molecule has 0 radical (unpaired) electrons. The number of aromatic carboxylic acids is 1. The monoisotopic (exact) mass is 447 g/mol. The van der Waals surface area contributed by atoms with Gasteiger partial charge in [0.05, 0.1) is 37.7 Å². The molecule has 0 saturated carbocycles. The van der Waals surface area contributed by atoms with E-state index in [1.54, 1.807) is 0 Å². The maximum absolute atomic E-state index is 12.0. The first kappa shape index (κ1) is 29.2. The van der Waals surface area contributed by atoms with Gasteiger partial charge in [0.1, 0.15) is 5.75 Å². The maximum Gasteiger partial charge on any atom is 0.416 e. The van der Waals surface area contributed by atoms with Crippen LogP contribution in [-0.2, 0) is 6.18 Å². The molecular formula is C24H40F3NO3. The van der Waals surface area contributed by atoms with Crippen molar-refractivity contribution in [3.8, 4) is 5.75 Å². The van der Waals surface area contributed by atoms with Gasteiger partial charge >= 0.3 is 6.18 Å². The molecule has 0 fully saturated rings. The molecule has 1 aromatic carbocycles. The molecule has 1 rings (SSSR count). The molecule has 0 amide bonds. The third kappa shape index (κ3) is 11.4. The molecule has 1 N–H and O–H groups in total. The van der Waals surface area contributed by atoms with E-state index < -0.39 is 29.0 Å². The minimum atomic E-state index is -4.61. The summed E-state index contributed by atoms with van der Waals surface area (Å²) in [6.07, 6.45) is 6.45. The third-order valence-corrected chi connectivity index (χ3v) is 5.49. The van der Waals surface area contributed by atoms with Gasteiger partial charge in [0, 0.05) is 5.56 Å². The molecule has 0 aliphatic rings. The lowest BCUT2D eigenvalue weighted by Crippen LogP contribution is -2.50. The Hall–Kier alpha value is -1.76. The molecule has 0 unspecified atom stereocenters. The molecule has 7 heteroatoms. The van der Waals surface area contributed by atoms with Crippen molar-refractivity contribution in [3.63, 3.8) is 0 Å². The van der Waals surface area contributed by atoms with E-state index in [0.717, 1.165) is 0 Å². The Morgan fingerprint density at radius 3 is 1.52 bits per heavy atom. The van der Waals surface area contributed by atoms with Crippen LogP contribution in [0.5, 0.6) is 5.75 Å². The zero-order valence-electron chi connectivity index (χ0n) is 19.6. The minimum Gasteiger partial charge on any atom is -0.545 e. The normalized spacial score (nSPS) is 11.7. The molecule has 0 bridgehead atoms. The fourth-order valence-electron chi connectivity index (χ4n) is 3.53. The lowest BCUT2D eigenvalue weighted by Gasteiger charge is -2.39. The molecule has 31 heavy (non-hydrogen) atoms. The van der Waals surface area contributed by atoms with Crippen LogP contribution < -0.4 is 5.11 Å². The van der Waals surface area contributed by atoms with Gasteiger partial charge in [-0.15, -0.1) is 0 Å². The molecule has 1 aromatic rings. The molecular weight excluding hydrogens is 407 g/mol. The van der Waals surface area contributed by atoms with Crippen LogP contribution in [-0.4, -0.2) is 41.7 Å². The second kappa shape index (κ2) is 15.1. The van der Waals surface area contributed by atoms with Crippen molar-refractivity contribution in [2.24, 2.45) is 0 Å². The predicted octanol–water partition coefficient (Wildman–Crippen LogP) is 5.78. The van der Waals surface area contributed by atoms with Crippen molar-refractivity contribution in [3.05, 3.63) is 29.3 Å². The third-order valence-electron chi connectivity index (χ3n) is 5.49. The van der Waals surface area contributed by atoms with Crippen molar-refractivity contribution >= 4 is 5.97 Å². The van der Waals surface area contributed by atoms with Crippen LogP contribution in [0.1, 0.15) is 95.0 Å². The number of carbonyl (C=O) groups excluding carboxylic acids is 1. The number of unbranched alkanes of at least 4 members (excludes halogenated alkanes) is 4. The van der Waals surface area contributed by atoms with Crippen molar-refractivity contribution in [2.75, 3.05) is 26.2 Å². The van der Waals surface area contributed by atoms with E-state index in [1.165, 1.54) is 82.0 Å². The van der Waals surface area contributed by atoms with Crippen LogP contribution in [0.15, 0.2) is 18.2 Å². The predicted molar refractivity (Wildman–Crippen MR) is 117 cm³/mol. The summed E-state index contributed by atoms with van der Waals surface area (Å²) in [5, 5.41) is 19.1. The number of hydrogen-bond acceptors (Lipinski definition) is 3. The first-order valence-electron chi connectivity index (χ1n) is 11.5. The lowest BCUT2D eigenvalue weighted by molar-refractivity contribution is -0.929. The fraction of sp³-hybridized carbons (Fsp3) is 0.708. The highest BCUT2D eigenvalue weighted by molar-refractivity contribution is 5.89. The Morgan fingerprint density at radius 1 is 0.871 bits per heavy atom. The Bertz CT molecular complexity index is 595. The summed E-state index contributed by atoms with van der Waals surface area (Å²) in [6, 6.07) is 1.55. The SMILES string of the molecule is CCCC[N+](CCCC)(CCCC)CCCC.O=C([O-])c1ccc(C(F)(F)F)cc1O. The number of nitrogens with zero attached hydrogens (tertiary/aromatic N) is 1. The van der Waals surface area contributed by atoms with Gasteiger partial charge < -0.3 is 19.5 Å². The number of carbonyl (C=O) groups is 1. The molecule has 0 spiro atoms. The quantitative estimate of drug-likeness (QED) is 0.390. The molecule has 0 aromatic heterocycles. The van der Waals surface area contributed by atoms with Gasteiger partial charge in [-0.05, 0) is 43.9 Å². The van der Waals surface area contributed by atoms with Crippen molar-refractivity contribution in [2.45, 2.75) is 85.2 Å². The Kier molecular flexibility index (Phi) is 14.3. The summed E-state index contributed by atoms with van der Waals surface area (Å²) < 4.78 is 37.5. The van der Waals surface area contributed by atoms with Crippen LogP contribution in [0.3, 0.4) is 0 Å². The van der Waals surface area contributed by atoms with E-state index in [4.69, 9.17) is 5.11 Å². The molecule has 4 nitrogen and oxygen atoms in total. The number of rotatable bonds is 13. The van der Waals surface area contributed by atoms with Crippen LogP contribution in [0.25, 0.3) is 0 Å². The number of hydrogen-bond donors (Lipinski definition) is 1. The number of carboxylic acids is 1. The number of phenols is 1. The smallest absolute Gasteiger partial charge is 0.416 e. The number of quaternary nitrogens is 1. The molecule has 0 atom stereocenters. The second-order valence-corrected chi connectivity index (χ2v) is 8.17. The number of halogens is 3. The van der Waals surface area contributed by atoms with E-state index in [0.29, 0.717) is 18.2 Å². The van der Waals surface area contributed by atoms with E-state index in [9.17, 15) is 23.1 Å². The Morgan fingerprint density at radius 2 is 1.26 bits per heavy atom. The van der Waals surface area contributed by atoms with Gasteiger partial charge in [0.25, 0.3) is 0 Å². The first-order valence-corrected chi connectivity index (χ1v) is 11.5. The van der Waals surface area contributed by atoms with E-state index >= 15 is 0 Å². The fourth-order valence-corrected chi connectivity index (χ4v) is 3.53. The zero-order valence-corrected chi connectivity index (χ0v) is 19.6. The van der Waals surface area contributed by atoms with Gasteiger partial charge in [-0.25, -0.2) is 0 Å². The second-order valence-electron chi connectivity index (χ2n) is 8.17. The van der Waals surface area contributed by atoms with E-state index in [2.05, 4.69) is 27.7 Å². The summed E-state index contributed by atoms with van der Waals surface area (Å²) in [5.74, 6) is -2.68. The summed E-state index contributed by atoms with van der Waals surface area (Å²) in [4.78, 5) is 10.2. The summed E-state index contributed by atoms with van der Waals surface area (Å²) in [5.41, 5.74) is -1.78. The summed E-state index contributed by atoms with van der Waals surface area (Å²) >= 11 is 0. The molecule has 0 aliphatic heterocycles. The highest BCUT2D eigenvalue weighted by Crippen LogP contribution is 2.32. The van der Waals surface area contributed by atoms with Gasteiger partial charge in [0.15, 0.2) is 0 Å². The van der Waals surface area contributed by atoms with Gasteiger partial charge in [0.2, 0.25) is 0 Å². The zero-order chi connectivity index (χ0) is 23.9. The molecule has 0 aliphatic carbocycles. The van der Waals surface area contributed by atoms with Crippen LogP contribution in [0.2, 0.25) is 0 Å². The first-order chi connectivity index (χ1) is 14.6. The van der Waals surface area contributed by atoms with Crippen molar-refractivity contribution < 1.29 is 32.7 Å². The van der Waals surface area contributed by atoms with Crippen molar-refractivity contribution in [1.29, 1.82) is 0 Å². The highest BCUT2D eigenvalue weighted by Gasteiger charge is 2.31. The van der Waals surface area contributed by atoms with E-state index in [1.807, 2.05) is 0 Å². The standard InChI is InChI=1S/C16H36N.C8H5F3O3/c1-5-9-13-17(14-10-6-2,15-11-7-3)16-12-8-4;9-8(10,11)4-1-2-5(7(13)14)6(12)3-4/h5-16H2,1-4H3;1-3,12H,(H,13,14)/q+1;/p-1. The molecule has 180 valence electrons. The van der Waals surface area contributed by atoms with Crippen LogP contribution in [0.4, 0.5) is 13.2 Å². The van der Waals surface area contributed by atoms with Crippen LogP contribution >= 0.6 is 0 Å². The largest absolute Gasteiger partial charge is 0.545 e. The number of aromatic hydroxyl groups is 1. The van der Waals surface area contributed by atoms with Crippen molar-refractivity contribution in [1.82, 2.24) is 0 Å². The van der Waals surface area contributed by atoms with Gasteiger partial charge in [-0.1, -0.05) is 53.4 Å². The van der Waals surface area contributed by atoms with Gasteiger partial charge in [-0.3, -0.25) is 0 Å². The average Bonchev–Trinajstić information content (AvgIpc) is 2.72. The molecule has 0 heterocycles. The maximum atomic E-state index is 12.0. The molecule has 0 saturated heterocycles. The van der Waals surface area contributed by atoms with Crippen LogP contribution in [0, 0.1) is 0 Å². The lowest BCUT2D eigenvalue weighted by atomic mass is 10.1. The summed E-state index contributed by atoms with van der Waals surface area (Å²) in [6.45, 7) is 15.0. The average molecular weight is 448 g/mol. The topological polar surface area (TPSA) is 60.4 Å². The number of carboxylic acid groups (broad SMARTS) is 1. The summed E-state index contributed by atoms with van der Waals surface area (Å²) in [7, 11) is 0. The number of benzene rings is 1. The van der Waals surface area contributed by atoms with Gasteiger partial charge in [-0.2, -0.15) is 13.2 Å². The minimum absolute atomic E-state index is 0.338. The van der Waals surface area contributed by atoms with E-state index in [-0.39, 0.29) is 0 Å². The number of alkyl halides is 3. The Labute approximate surface area is 185 Å². The highest BCUT2D eigenvalue weighted by atomic mass is 19.4. The Balaban J connectivity index is 0.000000590.